The van der Waals surface area contributed by atoms with Crippen LogP contribution in [0.25, 0.3) is 0 Å². The molecule has 0 aromatic rings. The SMILES string of the molecule is CC(C)CCC[C@@H](C)[C@H]1CCC2C3CC=C4CC(O[P+](=O)O)CC[C@]4(C)C3CC[C@@]21C.CCN(CC)CC. The van der Waals surface area contributed by atoms with Gasteiger partial charge in [-0.25, -0.2) is 0 Å². The van der Waals surface area contributed by atoms with E-state index in [0.29, 0.717) is 5.41 Å². The number of fused-ring (bicyclic) bond motifs is 5. The first-order valence-electron chi connectivity index (χ1n) is 16.2. The van der Waals surface area contributed by atoms with E-state index in [4.69, 9.17) is 4.52 Å². The molecule has 4 nitrogen and oxygen atoms in total. The van der Waals surface area contributed by atoms with E-state index in [-0.39, 0.29) is 11.5 Å². The number of hydrogen-bond acceptors (Lipinski definition) is 3. The first-order valence-corrected chi connectivity index (χ1v) is 17.4. The predicted octanol–water partition coefficient (Wildman–Crippen LogP) is 9.41. The molecule has 5 heteroatoms. The molecule has 0 heterocycles. The minimum Gasteiger partial charge on any atom is -0.304 e. The molecule has 1 N–H and O–H groups in total. The second-order valence-corrected chi connectivity index (χ2v) is 14.8. The molecule has 4 aliphatic carbocycles. The molecule has 3 saturated carbocycles. The van der Waals surface area contributed by atoms with E-state index in [2.05, 4.69) is 66.4 Å². The van der Waals surface area contributed by atoms with E-state index in [0.717, 1.165) is 54.8 Å². The predicted molar refractivity (Wildman–Crippen MR) is 161 cm³/mol. The first-order chi connectivity index (χ1) is 18.0. The fourth-order valence-electron chi connectivity index (χ4n) is 9.54. The molecule has 0 aromatic carbocycles. The fraction of sp³-hybridized carbons (Fsp3) is 0.939. The topological polar surface area (TPSA) is 49.8 Å². The van der Waals surface area contributed by atoms with Crippen LogP contribution in [0.4, 0.5) is 0 Å². The van der Waals surface area contributed by atoms with Crippen molar-refractivity contribution >= 4 is 8.25 Å². The van der Waals surface area contributed by atoms with Crippen LogP contribution in [-0.2, 0) is 9.09 Å². The summed E-state index contributed by atoms with van der Waals surface area (Å²) in [5.74, 6) is 5.13. The number of allylic oxidation sites excluding steroid dienone is 1. The van der Waals surface area contributed by atoms with Gasteiger partial charge < -0.3 is 4.90 Å². The molecule has 3 fully saturated rings. The average molecular weight is 551 g/mol. The highest BCUT2D eigenvalue weighted by atomic mass is 31.1. The van der Waals surface area contributed by atoms with Gasteiger partial charge in [0, 0.05) is 11.0 Å². The molecule has 5 unspecified atom stereocenters. The van der Waals surface area contributed by atoms with Crippen molar-refractivity contribution in [2.75, 3.05) is 19.6 Å². The minimum atomic E-state index is -2.49. The van der Waals surface area contributed by atoms with Gasteiger partial charge in [-0.1, -0.05) is 86.3 Å². The van der Waals surface area contributed by atoms with Gasteiger partial charge in [0.05, 0.1) is 0 Å². The smallest absolute Gasteiger partial charge is 0.304 e. The summed E-state index contributed by atoms with van der Waals surface area (Å²) in [5, 5.41) is 0. The van der Waals surface area contributed by atoms with Crippen LogP contribution in [-0.4, -0.2) is 35.5 Å². The van der Waals surface area contributed by atoms with Crippen molar-refractivity contribution < 1.29 is 14.0 Å². The molecule has 220 valence electrons. The Balaban J connectivity index is 0.000000505. The Morgan fingerprint density at radius 2 is 1.68 bits per heavy atom. The van der Waals surface area contributed by atoms with Crippen LogP contribution in [0.5, 0.6) is 0 Å². The largest absolute Gasteiger partial charge is 0.695 e. The Labute approximate surface area is 236 Å². The van der Waals surface area contributed by atoms with Crippen LogP contribution in [0.1, 0.15) is 126 Å². The van der Waals surface area contributed by atoms with Gasteiger partial charge in [0.2, 0.25) is 0 Å². The van der Waals surface area contributed by atoms with Gasteiger partial charge in [0.25, 0.3) is 0 Å². The summed E-state index contributed by atoms with van der Waals surface area (Å²) in [5.41, 5.74) is 2.35. The Kier molecular flexibility index (Phi) is 11.9. The lowest BCUT2D eigenvalue weighted by Gasteiger charge is -2.58. The second-order valence-electron chi connectivity index (χ2n) is 14.1. The van der Waals surface area contributed by atoms with Gasteiger partial charge in [-0.05, 0) is 111 Å². The summed E-state index contributed by atoms with van der Waals surface area (Å²) < 4.78 is 16.5. The number of nitrogens with zero attached hydrogens (tertiary/aromatic N) is 1. The molecule has 0 radical (unpaired) electrons. The molecule has 38 heavy (non-hydrogen) atoms. The molecule has 4 rings (SSSR count). The lowest BCUT2D eigenvalue weighted by molar-refractivity contribution is -0.0560. The van der Waals surface area contributed by atoms with Crippen molar-refractivity contribution in [1.82, 2.24) is 4.90 Å². The lowest BCUT2D eigenvalue weighted by Crippen LogP contribution is -2.50. The van der Waals surface area contributed by atoms with Gasteiger partial charge in [0.1, 0.15) is 6.10 Å². The minimum absolute atomic E-state index is 0.0686. The van der Waals surface area contributed by atoms with Crippen LogP contribution in [0.2, 0.25) is 0 Å². The molecule has 0 bridgehead atoms. The van der Waals surface area contributed by atoms with Crippen molar-refractivity contribution in [1.29, 1.82) is 0 Å². The molecule has 0 amide bonds. The third-order valence-corrected chi connectivity index (χ3v) is 12.3. The summed E-state index contributed by atoms with van der Waals surface area (Å²) >= 11 is 0. The van der Waals surface area contributed by atoms with Gasteiger partial charge >= 0.3 is 8.25 Å². The second kappa shape index (κ2) is 14.1. The Bertz CT molecular complexity index is 790. The number of hydrogen-bond donors (Lipinski definition) is 1. The van der Waals surface area contributed by atoms with Crippen LogP contribution >= 0.6 is 8.25 Å². The number of rotatable bonds is 10. The Morgan fingerprint density at radius 1 is 1.00 bits per heavy atom. The van der Waals surface area contributed by atoms with Gasteiger partial charge in [-0.2, -0.15) is 0 Å². The van der Waals surface area contributed by atoms with Gasteiger partial charge in [-0.3, -0.25) is 0 Å². The van der Waals surface area contributed by atoms with Crippen LogP contribution in [0, 0.1) is 46.3 Å². The van der Waals surface area contributed by atoms with Crippen molar-refractivity contribution in [2.45, 2.75) is 132 Å². The molecule has 0 aliphatic heterocycles. The Morgan fingerprint density at radius 3 is 2.26 bits per heavy atom. The summed E-state index contributed by atoms with van der Waals surface area (Å²) in [6.07, 6.45) is 16.4. The normalized spacial score (nSPS) is 37.5. The maximum Gasteiger partial charge on any atom is 0.695 e. The molecule has 0 aromatic heterocycles. The summed E-state index contributed by atoms with van der Waals surface area (Å²) in [4.78, 5) is 11.6. The van der Waals surface area contributed by atoms with E-state index < -0.39 is 8.25 Å². The molecule has 9 atom stereocenters. The van der Waals surface area contributed by atoms with Gasteiger partial charge in [-0.15, -0.1) is 9.42 Å². The van der Waals surface area contributed by atoms with Crippen molar-refractivity contribution in [3.05, 3.63) is 11.6 Å². The molecule has 0 spiro atoms. The highest BCUT2D eigenvalue weighted by molar-refractivity contribution is 7.32. The van der Waals surface area contributed by atoms with E-state index in [1.807, 2.05) is 0 Å². The summed E-state index contributed by atoms with van der Waals surface area (Å²) in [6, 6.07) is 0. The summed E-state index contributed by atoms with van der Waals surface area (Å²) in [6.45, 7) is 22.6. The van der Waals surface area contributed by atoms with E-state index in [1.165, 1.54) is 76.6 Å². The van der Waals surface area contributed by atoms with Crippen molar-refractivity contribution in [3.63, 3.8) is 0 Å². The third-order valence-electron chi connectivity index (χ3n) is 11.8. The average Bonchev–Trinajstić information content (AvgIpc) is 3.22. The van der Waals surface area contributed by atoms with E-state index in [1.54, 1.807) is 0 Å². The van der Waals surface area contributed by atoms with Crippen LogP contribution < -0.4 is 0 Å². The third kappa shape index (κ3) is 7.13. The summed E-state index contributed by atoms with van der Waals surface area (Å²) in [7, 11) is -2.49. The standard InChI is InChI=1S/C27H45O3P.C6H15N/c1-18(2)7-6-8-19(3)23-11-12-24-22-10-9-20-17-21(30-31(28)29)13-15-26(20,4)25(22)14-16-27(23,24)5;1-4-7(5-2)6-3/h9,18-19,21-25H,6-8,10-17H2,1-5H3;4-6H2,1-3H3/p+1/t19-,21?,22?,23-,24?,25?,26+,27-;/m1./s1. The zero-order chi connectivity index (χ0) is 28.1. The molecular weight excluding hydrogens is 489 g/mol. The van der Waals surface area contributed by atoms with Crippen molar-refractivity contribution in [3.8, 4) is 0 Å². The Hall–Kier alpha value is -0.280. The van der Waals surface area contributed by atoms with E-state index >= 15 is 0 Å². The van der Waals surface area contributed by atoms with Gasteiger partial charge in [0.15, 0.2) is 0 Å². The highest BCUT2D eigenvalue weighted by Gasteiger charge is 2.59. The zero-order valence-electron chi connectivity index (χ0n) is 26.2. The monoisotopic (exact) mass is 550 g/mol. The lowest BCUT2D eigenvalue weighted by atomic mass is 9.47. The first kappa shape index (κ1) is 32.2. The molecule has 4 aliphatic rings. The van der Waals surface area contributed by atoms with Crippen LogP contribution in [0.3, 0.4) is 0 Å². The van der Waals surface area contributed by atoms with Crippen LogP contribution in [0.15, 0.2) is 11.6 Å². The molecular formula is C33H61NO3P+. The fourth-order valence-corrected chi connectivity index (χ4v) is 9.98. The zero-order valence-corrected chi connectivity index (χ0v) is 27.1. The van der Waals surface area contributed by atoms with Crippen molar-refractivity contribution in [2.24, 2.45) is 46.3 Å². The molecule has 0 saturated heterocycles. The van der Waals surface area contributed by atoms with E-state index in [9.17, 15) is 9.46 Å². The highest BCUT2D eigenvalue weighted by Crippen LogP contribution is 2.67. The maximum atomic E-state index is 11.2. The quantitative estimate of drug-likeness (QED) is 0.217. The maximum absolute atomic E-state index is 11.2.